The number of hydrogen-bond acceptors (Lipinski definition) is 7. The van der Waals surface area contributed by atoms with Crippen LogP contribution in [0.25, 0.3) is 0 Å². The number of halogens is 2. The van der Waals surface area contributed by atoms with Crippen molar-refractivity contribution >= 4 is 57.9 Å². The number of nitrogens with zero attached hydrogens (tertiary/aromatic N) is 1. The molecule has 3 rings (SSSR count). The molecular formula is C25H22FIN4O6. The van der Waals surface area contributed by atoms with Gasteiger partial charge in [-0.1, -0.05) is 12.1 Å². The third-order valence-electron chi connectivity index (χ3n) is 4.68. The van der Waals surface area contributed by atoms with Crippen LogP contribution in [0.2, 0.25) is 0 Å². The summed E-state index contributed by atoms with van der Waals surface area (Å²) in [5.41, 5.74) is 3.06. The molecule has 0 aromatic heterocycles. The summed E-state index contributed by atoms with van der Waals surface area (Å²) in [6.07, 6.45) is 1.29. The molecule has 12 heteroatoms. The zero-order valence-electron chi connectivity index (χ0n) is 19.7. The van der Waals surface area contributed by atoms with Crippen LogP contribution in [-0.4, -0.2) is 44.8 Å². The molecule has 0 radical (unpaired) electrons. The molecule has 0 fully saturated rings. The van der Waals surface area contributed by atoms with Crippen LogP contribution in [0.3, 0.4) is 0 Å². The quantitative estimate of drug-likeness (QED) is 0.145. The molecule has 192 valence electrons. The first-order valence-corrected chi connectivity index (χ1v) is 11.7. The summed E-state index contributed by atoms with van der Waals surface area (Å²) in [6, 6.07) is 15.6. The van der Waals surface area contributed by atoms with Crippen LogP contribution in [0.15, 0.2) is 65.8 Å². The molecule has 0 saturated carbocycles. The average molecular weight is 620 g/mol. The molecule has 3 aromatic carbocycles. The van der Waals surface area contributed by atoms with E-state index in [9.17, 15) is 18.8 Å². The summed E-state index contributed by atoms with van der Waals surface area (Å²) in [4.78, 5) is 36.2. The van der Waals surface area contributed by atoms with Gasteiger partial charge in [0.15, 0.2) is 18.1 Å². The molecular weight excluding hydrogens is 598 g/mol. The van der Waals surface area contributed by atoms with Crippen molar-refractivity contribution in [1.82, 2.24) is 5.43 Å². The number of para-hydroxylation sites is 1. The summed E-state index contributed by atoms with van der Waals surface area (Å²) in [5, 5.41) is 8.64. The lowest BCUT2D eigenvalue weighted by Gasteiger charge is -2.13. The first-order chi connectivity index (χ1) is 17.8. The number of benzene rings is 3. The number of amides is 3. The van der Waals surface area contributed by atoms with E-state index in [1.165, 1.54) is 31.5 Å². The van der Waals surface area contributed by atoms with Gasteiger partial charge in [0, 0.05) is 5.69 Å². The molecule has 3 N–H and O–H groups in total. The third kappa shape index (κ3) is 7.90. The molecule has 0 heterocycles. The zero-order chi connectivity index (χ0) is 26.8. The Labute approximate surface area is 225 Å². The number of hydrazone groups is 1. The fourth-order valence-corrected chi connectivity index (χ4v) is 3.70. The molecule has 37 heavy (non-hydrogen) atoms. The molecule has 0 unspecified atom stereocenters. The molecule has 10 nitrogen and oxygen atoms in total. The molecule has 3 aromatic rings. The number of methoxy groups -OCH3 is 2. The van der Waals surface area contributed by atoms with E-state index in [0.717, 1.165) is 6.07 Å². The van der Waals surface area contributed by atoms with E-state index >= 15 is 0 Å². The lowest BCUT2D eigenvalue weighted by Crippen LogP contribution is -2.32. The Kier molecular flexibility index (Phi) is 9.77. The van der Waals surface area contributed by atoms with Gasteiger partial charge in [0.25, 0.3) is 5.91 Å². The molecule has 3 amide bonds. The van der Waals surface area contributed by atoms with E-state index in [1.807, 2.05) is 22.6 Å². The van der Waals surface area contributed by atoms with Crippen molar-refractivity contribution in [2.45, 2.75) is 0 Å². The highest BCUT2D eigenvalue weighted by molar-refractivity contribution is 14.1. The summed E-state index contributed by atoms with van der Waals surface area (Å²) < 4.78 is 30.4. The van der Waals surface area contributed by atoms with Crippen molar-refractivity contribution in [3.8, 4) is 17.2 Å². The smallest absolute Gasteiger partial charge is 0.329 e. The molecule has 0 atom stereocenters. The summed E-state index contributed by atoms with van der Waals surface area (Å²) >= 11 is 2.01. The van der Waals surface area contributed by atoms with Crippen molar-refractivity contribution in [2.24, 2.45) is 5.10 Å². The van der Waals surface area contributed by atoms with Gasteiger partial charge in [-0.15, -0.1) is 0 Å². The van der Waals surface area contributed by atoms with E-state index in [1.54, 1.807) is 43.5 Å². The maximum atomic E-state index is 13.6. The van der Waals surface area contributed by atoms with Crippen LogP contribution in [-0.2, 0) is 14.4 Å². The maximum absolute atomic E-state index is 13.6. The molecule has 0 bridgehead atoms. The SMILES string of the molecule is COc1ccc(NC(=O)COc2c(I)cc(/C=N\NC(=O)C(=O)Nc3ccccc3F)cc2OC)cc1. The normalized spacial score (nSPS) is 10.5. The van der Waals surface area contributed by atoms with Crippen molar-refractivity contribution in [3.05, 3.63) is 75.6 Å². The minimum atomic E-state index is -1.08. The topological polar surface area (TPSA) is 127 Å². The van der Waals surface area contributed by atoms with Crippen LogP contribution in [0.1, 0.15) is 5.56 Å². The lowest BCUT2D eigenvalue weighted by atomic mass is 10.2. The summed E-state index contributed by atoms with van der Waals surface area (Å²) in [6.45, 7) is -0.265. The van der Waals surface area contributed by atoms with E-state index < -0.39 is 17.6 Å². The highest BCUT2D eigenvalue weighted by atomic mass is 127. The second kappa shape index (κ2) is 13.2. The molecule has 0 spiro atoms. The van der Waals surface area contributed by atoms with Gasteiger partial charge in [0.2, 0.25) is 0 Å². The van der Waals surface area contributed by atoms with Crippen LogP contribution in [0.4, 0.5) is 15.8 Å². The van der Waals surface area contributed by atoms with Gasteiger partial charge in [0.1, 0.15) is 11.6 Å². The van der Waals surface area contributed by atoms with E-state index in [4.69, 9.17) is 14.2 Å². The monoisotopic (exact) mass is 620 g/mol. The number of carbonyl (C=O) groups is 3. The van der Waals surface area contributed by atoms with E-state index in [-0.39, 0.29) is 18.2 Å². The highest BCUT2D eigenvalue weighted by Gasteiger charge is 2.16. The molecule has 0 aliphatic heterocycles. The number of ether oxygens (including phenoxy) is 3. The number of carbonyl (C=O) groups excluding carboxylic acids is 3. The zero-order valence-corrected chi connectivity index (χ0v) is 21.9. The Bertz CT molecular complexity index is 1320. The average Bonchev–Trinajstić information content (AvgIpc) is 2.89. The predicted octanol–water partition coefficient (Wildman–Crippen LogP) is 3.55. The summed E-state index contributed by atoms with van der Waals surface area (Å²) in [7, 11) is 2.99. The Morgan fingerprint density at radius 2 is 1.70 bits per heavy atom. The van der Waals surface area contributed by atoms with Gasteiger partial charge >= 0.3 is 11.8 Å². The minimum Gasteiger partial charge on any atom is -0.497 e. The molecule has 0 aliphatic carbocycles. The van der Waals surface area contributed by atoms with Crippen LogP contribution in [0.5, 0.6) is 17.2 Å². The van der Waals surface area contributed by atoms with Gasteiger partial charge in [-0.2, -0.15) is 5.10 Å². The van der Waals surface area contributed by atoms with Crippen LogP contribution in [0, 0.1) is 9.39 Å². The van der Waals surface area contributed by atoms with Crippen molar-refractivity contribution < 1.29 is 33.0 Å². The first kappa shape index (κ1) is 27.4. The number of rotatable bonds is 9. The van der Waals surface area contributed by atoms with Gasteiger partial charge in [0.05, 0.1) is 29.7 Å². The van der Waals surface area contributed by atoms with Crippen LogP contribution >= 0.6 is 22.6 Å². The Hall–Kier alpha value is -4.20. The van der Waals surface area contributed by atoms with Crippen molar-refractivity contribution in [2.75, 3.05) is 31.5 Å². The largest absolute Gasteiger partial charge is 0.497 e. The minimum absolute atomic E-state index is 0.126. The fraction of sp³-hybridized carbons (Fsp3) is 0.120. The number of hydrogen-bond donors (Lipinski definition) is 3. The van der Waals surface area contributed by atoms with Crippen molar-refractivity contribution in [1.29, 1.82) is 0 Å². The second-order valence-electron chi connectivity index (χ2n) is 7.23. The fourth-order valence-electron chi connectivity index (χ4n) is 2.92. The summed E-state index contributed by atoms with van der Waals surface area (Å²) in [5.74, 6) is -1.86. The maximum Gasteiger partial charge on any atom is 0.329 e. The Balaban J connectivity index is 1.57. The van der Waals surface area contributed by atoms with Gasteiger partial charge in [-0.05, 0) is 76.7 Å². The molecule has 0 aliphatic rings. The number of nitrogens with one attached hydrogen (secondary N) is 3. The standard InChI is InChI=1S/C25H22FIN4O6/c1-35-17-9-7-16(8-10-17)29-22(32)14-37-23-19(27)11-15(12-21(23)36-2)13-28-31-25(34)24(33)30-20-6-4-3-5-18(20)26/h3-13H,14H2,1-2H3,(H,29,32)(H,30,33)(H,31,34)/b28-13-. The lowest BCUT2D eigenvalue weighted by molar-refractivity contribution is -0.136. The van der Waals surface area contributed by atoms with Crippen LogP contribution < -0.4 is 30.3 Å². The predicted molar refractivity (Wildman–Crippen MR) is 144 cm³/mol. The Morgan fingerprint density at radius 3 is 2.38 bits per heavy atom. The highest BCUT2D eigenvalue weighted by Crippen LogP contribution is 2.33. The van der Waals surface area contributed by atoms with E-state index in [2.05, 4.69) is 21.2 Å². The Morgan fingerprint density at radius 1 is 0.973 bits per heavy atom. The van der Waals surface area contributed by atoms with Gasteiger partial charge in [-0.3, -0.25) is 14.4 Å². The molecule has 0 saturated heterocycles. The third-order valence-corrected chi connectivity index (χ3v) is 5.48. The van der Waals surface area contributed by atoms with Gasteiger partial charge < -0.3 is 24.8 Å². The van der Waals surface area contributed by atoms with Gasteiger partial charge in [-0.25, -0.2) is 9.82 Å². The number of anilines is 2. The van der Waals surface area contributed by atoms with Crippen molar-refractivity contribution in [3.63, 3.8) is 0 Å². The second-order valence-corrected chi connectivity index (χ2v) is 8.39. The first-order valence-electron chi connectivity index (χ1n) is 10.6. The van der Waals surface area contributed by atoms with E-state index in [0.29, 0.717) is 32.1 Å².